The van der Waals surface area contributed by atoms with Crippen LogP contribution in [0.5, 0.6) is 0 Å². The summed E-state index contributed by atoms with van der Waals surface area (Å²) < 4.78 is 1.89. The SMILES string of the molecule is CC(C)Cn1cc(CN[C@H](C(=O)O)c2ccccc2)cn1. The number of hydrogen-bond donors (Lipinski definition) is 2. The van der Waals surface area contributed by atoms with E-state index in [0.29, 0.717) is 12.5 Å². The lowest BCUT2D eigenvalue weighted by atomic mass is 10.1. The van der Waals surface area contributed by atoms with Crippen LogP contribution in [0.4, 0.5) is 0 Å². The standard InChI is InChI=1S/C16H21N3O2/c1-12(2)10-19-11-13(9-18-19)8-17-15(16(20)21)14-6-4-3-5-7-14/h3-7,9,11-12,15,17H,8,10H2,1-2H3,(H,20,21)/t15-/m0/s1. The fourth-order valence-corrected chi connectivity index (χ4v) is 2.18. The second-order valence-electron chi connectivity index (χ2n) is 5.53. The van der Waals surface area contributed by atoms with Gasteiger partial charge in [-0.05, 0) is 11.5 Å². The lowest BCUT2D eigenvalue weighted by Gasteiger charge is -2.14. The first-order chi connectivity index (χ1) is 10.1. The van der Waals surface area contributed by atoms with Gasteiger partial charge in [0.1, 0.15) is 6.04 Å². The van der Waals surface area contributed by atoms with Gasteiger partial charge in [0, 0.05) is 24.8 Å². The molecule has 21 heavy (non-hydrogen) atoms. The molecule has 5 nitrogen and oxygen atoms in total. The minimum atomic E-state index is -0.879. The molecule has 2 aromatic rings. The Morgan fingerprint density at radius 1 is 1.33 bits per heavy atom. The first kappa shape index (κ1) is 15.3. The van der Waals surface area contributed by atoms with Gasteiger partial charge in [-0.2, -0.15) is 5.10 Å². The molecule has 0 unspecified atom stereocenters. The van der Waals surface area contributed by atoms with Gasteiger partial charge in [-0.3, -0.25) is 14.8 Å². The van der Waals surface area contributed by atoms with Crippen LogP contribution in [0.1, 0.15) is 31.0 Å². The van der Waals surface area contributed by atoms with Gasteiger partial charge in [0.2, 0.25) is 0 Å². The average molecular weight is 287 g/mol. The molecule has 0 bridgehead atoms. The summed E-state index contributed by atoms with van der Waals surface area (Å²) in [6.45, 7) is 5.61. The van der Waals surface area contributed by atoms with Crippen LogP contribution in [0, 0.1) is 5.92 Å². The van der Waals surface area contributed by atoms with Gasteiger partial charge >= 0.3 is 5.97 Å². The number of nitrogens with one attached hydrogen (secondary N) is 1. The van der Waals surface area contributed by atoms with Gasteiger partial charge < -0.3 is 5.11 Å². The molecule has 0 radical (unpaired) electrons. The number of hydrogen-bond acceptors (Lipinski definition) is 3. The monoisotopic (exact) mass is 287 g/mol. The van der Waals surface area contributed by atoms with Crippen molar-refractivity contribution in [3.8, 4) is 0 Å². The van der Waals surface area contributed by atoms with E-state index in [1.165, 1.54) is 0 Å². The summed E-state index contributed by atoms with van der Waals surface area (Å²) in [6, 6.07) is 8.47. The van der Waals surface area contributed by atoms with Crippen LogP contribution in [-0.2, 0) is 17.9 Å². The largest absolute Gasteiger partial charge is 0.480 e. The Kier molecular flexibility index (Phi) is 5.11. The van der Waals surface area contributed by atoms with Gasteiger partial charge in [0.05, 0.1) is 6.20 Å². The fourth-order valence-electron chi connectivity index (χ4n) is 2.18. The fraction of sp³-hybridized carbons (Fsp3) is 0.375. The molecule has 0 fully saturated rings. The Labute approximate surface area is 124 Å². The molecule has 1 atom stereocenters. The van der Waals surface area contributed by atoms with Crippen LogP contribution >= 0.6 is 0 Å². The first-order valence-electron chi connectivity index (χ1n) is 7.08. The summed E-state index contributed by atoms with van der Waals surface area (Å²) in [4.78, 5) is 11.4. The number of carboxylic acids is 1. The first-order valence-corrected chi connectivity index (χ1v) is 7.08. The predicted octanol–water partition coefficient (Wildman–Crippen LogP) is 2.45. The molecule has 1 heterocycles. The van der Waals surface area contributed by atoms with E-state index in [2.05, 4.69) is 24.3 Å². The summed E-state index contributed by atoms with van der Waals surface area (Å²) in [7, 11) is 0. The molecule has 0 saturated carbocycles. The lowest BCUT2D eigenvalue weighted by molar-refractivity contribution is -0.139. The maximum atomic E-state index is 11.4. The van der Waals surface area contributed by atoms with E-state index >= 15 is 0 Å². The van der Waals surface area contributed by atoms with Gasteiger partial charge in [0.15, 0.2) is 0 Å². The molecule has 0 spiro atoms. The van der Waals surface area contributed by atoms with Crippen LogP contribution in [0.15, 0.2) is 42.7 Å². The Hall–Kier alpha value is -2.14. The Morgan fingerprint density at radius 2 is 2.05 bits per heavy atom. The van der Waals surface area contributed by atoms with E-state index in [1.54, 1.807) is 6.20 Å². The number of rotatable bonds is 7. The zero-order chi connectivity index (χ0) is 15.2. The van der Waals surface area contributed by atoms with Crippen molar-refractivity contribution < 1.29 is 9.90 Å². The van der Waals surface area contributed by atoms with Gasteiger partial charge in [-0.1, -0.05) is 44.2 Å². The highest BCUT2D eigenvalue weighted by Gasteiger charge is 2.18. The zero-order valence-corrected chi connectivity index (χ0v) is 12.4. The van der Waals surface area contributed by atoms with Gasteiger partial charge in [0.25, 0.3) is 0 Å². The van der Waals surface area contributed by atoms with Crippen molar-refractivity contribution in [2.24, 2.45) is 5.92 Å². The van der Waals surface area contributed by atoms with E-state index in [0.717, 1.165) is 17.7 Å². The second-order valence-corrected chi connectivity index (χ2v) is 5.53. The second kappa shape index (κ2) is 7.04. The predicted molar refractivity (Wildman–Crippen MR) is 80.7 cm³/mol. The molecule has 112 valence electrons. The summed E-state index contributed by atoms with van der Waals surface area (Å²) in [5, 5.41) is 16.7. The molecular weight excluding hydrogens is 266 g/mol. The molecule has 0 aliphatic carbocycles. The third-order valence-electron chi connectivity index (χ3n) is 3.13. The van der Waals surface area contributed by atoms with Gasteiger partial charge in [-0.25, -0.2) is 0 Å². The highest BCUT2D eigenvalue weighted by Crippen LogP contribution is 2.13. The van der Waals surface area contributed by atoms with Crippen LogP contribution in [0.2, 0.25) is 0 Å². The van der Waals surface area contributed by atoms with E-state index in [1.807, 2.05) is 41.2 Å². The highest BCUT2D eigenvalue weighted by molar-refractivity contribution is 5.75. The van der Waals surface area contributed by atoms with Crippen molar-refractivity contribution in [3.05, 3.63) is 53.9 Å². The molecule has 2 rings (SSSR count). The van der Waals surface area contributed by atoms with Crippen LogP contribution in [0.3, 0.4) is 0 Å². The summed E-state index contributed by atoms with van der Waals surface area (Å²) >= 11 is 0. The molecule has 5 heteroatoms. The van der Waals surface area contributed by atoms with Crippen molar-refractivity contribution in [3.63, 3.8) is 0 Å². The van der Waals surface area contributed by atoms with Gasteiger partial charge in [-0.15, -0.1) is 0 Å². The van der Waals surface area contributed by atoms with Crippen LogP contribution in [-0.4, -0.2) is 20.9 Å². The third-order valence-corrected chi connectivity index (χ3v) is 3.13. The van der Waals surface area contributed by atoms with Crippen molar-refractivity contribution in [2.75, 3.05) is 0 Å². The van der Waals surface area contributed by atoms with Crippen LogP contribution in [0.25, 0.3) is 0 Å². The minimum Gasteiger partial charge on any atom is -0.480 e. The number of carboxylic acid groups (broad SMARTS) is 1. The van der Waals surface area contributed by atoms with E-state index in [4.69, 9.17) is 0 Å². The van der Waals surface area contributed by atoms with Crippen molar-refractivity contribution in [1.82, 2.24) is 15.1 Å². The zero-order valence-electron chi connectivity index (χ0n) is 12.4. The Bertz CT molecular complexity index is 578. The Balaban J connectivity index is 1.99. The maximum absolute atomic E-state index is 11.4. The minimum absolute atomic E-state index is 0.476. The number of carbonyl (C=O) groups is 1. The number of aromatic nitrogens is 2. The Morgan fingerprint density at radius 3 is 2.67 bits per heavy atom. The number of nitrogens with zero attached hydrogens (tertiary/aromatic N) is 2. The smallest absolute Gasteiger partial charge is 0.325 e. The molecule has 0 aliphatic heterocycles. The van der Waals surface area contributed by atoms with Crippen molar-refractivity contribution >= 4 is 5.97 Å². The number of aliphatic carboxylic acids is 1. The lowest BCUT2D eigenvalue weighted by Crippen LogP contribution is -2.27. The molecular formula is C16H21N3O2. The molecule has 0 amide bonds. The normalized spacial score (nSPS) is 12.5. The van der Waals surface area contributed by atoms with Crippen molar-refractivity contribution in [2.45, 2.75) is 33.0 Å². The summed E-state index contributed by atoms with van der Waals surface area (Å²) in [5.41, 5.74) is 1.73. The molecule has 1 aromatic heterocycles. The van der Waals surface area contributed by atoms with Crippen molar-refractivity contribution in [1.29, 1.82) is 0 Å². The summed E-state index contributed by atoms with van der Waals surface area (Å²) in [5.74, 6) is -0.349. The molecule has 0 aliphatic rings. The topological polar surface area (TPSA) is 67.2 Å². The average Bonchev–Trinajstić information content (AvgIpc) is 2.86. The molecule has 0 saturated heterocycles. The van der Waals surface area contributed by atoms with E-state index in [9.17, 15) is 9.90 Å². The van der Waals surface area contributed by atoms with E-state index < -0.39 is 12.0 Å². The highest BCUT2D eigenvalue weighted by atomic mass is 16.4. The summed E-state index contributed by atoms with van der Waals surface area (Å²) in [6.07, 6.45) is 3.73. The maximum Gasteiger partial charge on any atom is 0.325 e. The quantitative estimate of drug-likeness (QED) is 0.821. The molecule has 2 N–H and O–H groups in total. The van der Waals surface area contributed by atoms with E-state index in [-0.39, 0.29) is 0 Å². The third kappa shape index (κ3) is 4.43. The molecule has 1 aromatic carbocycles. The number of benzene rings is 1. The van der Waals surface area contributed by atoms with Crippen LogP contribution < -0.4 is 5.32 Å².